The third kappa shape index (κ3) is 15.8. The Hall–Kier alpha value is -4.28. The van der Waals surface area contributed by atoms with Crippen molar-refractivity contribution in [3.8, 4) is 5.75 Å². The summed E-state index contributed by atoms with van der Waals surface area (Å²) >= 11 is 0. The first kappa shape index (κ1) is 48.1. The average Bonchev–Trinajstić information content (AvgIpc) is 3.14. The van der Waals surface area contributed by atoms with Gasteiger partial charge in [0.2, 0.25) is 21.8 Å². The number of hydrogen-bond donors (Lipinski definition) is 4. The second kappa shape index (κ2) is 22.2. The summed E-state index contributed by atoms with van der Waals surface area (Å²) in [4.78, 5) is 56.8. The number of anilines is 1. The Morgan fingerprint density at radius 2 is 1.59 bits per heavy atom. The maximum Gasteiger partial charge on any atom is 0.416 e. The number of esters is 1. The van der Waals surface area contributed by atoms with Crippen molar-refractivity contribution in [3.63, 3.8) is 0 Å². The first-order valence-electron chi connectivity index (χ1n) is 20.4. The van der Waals surface area contributed by atoms with Crippen LogP contribution < -0.4 is 30.3 Å². The molecule has 0 saturated carbocycles. The van der Waals surface area contributed by atoms with Crippen LogP contribution in [0, 0.1) is 13.8 Å². The zero-order valence-electron chi connectivity index (χ0n) is 36.0. The van der Waals surface area contributed by atoms with E-state index in [2.05, 4.69) is 41.4 Å². The van der Waals surface area contributed by atoms with Gasteiger partial charge in [0.05, 0.1) is 18.6 Å². The van der Waals surface area contributed by atoms with Gasteiger partial charge in [0.25, 0.3) is 0 Å². The first-order chi connectivity index (χ1) is 27.2. The number of nitrogens with one attached hydrogen (secondary N) is 4. The maximum atomic E-state index is 13.6. The van der Waals surface area contributed by atoms with E-state index in [0.717, 1.165) is 50.5 Å². The second-order valence-electron chi connectivity index (χ2n) is 16.4. The van der Waals surface area contributed by atoms with Crippen molar-refractivity contribution >= 4 is 39.7 Å². The minimum atomic E-state index is -4.22. The Morgan fingerprint density at radius 1 is 0.914 bits per heavy atom. The zero-order chi connectivity index (χ0) is 43.1. The fourth-order valence-electron chi connectivity index (χ4n) is 6.40. The number of amides is 3. The van der Waals surface area contributed by atoms with Gasteiger partial charge in [-0.1, -0.05) is 19.4 Å². The standard InChI is InChI=1S/C42H66N6O9S/c1-10-42(7,8)45-23-22-43-35(49)19-15-25-56-33-26-29(2)37(30(3)27-33)58(53,54)47-34(39(51)55-9)28-44-36(50)18-13-11-12-17-32-21-20-31-16-14-24-48(38(31)46-32)40(52)57-41(4,5)6/h20-21,26-27,34,45,47H,10-19,22-25,28H2,1-9H3,(H,43,49)(H,44,50)/t34-/m1/s1. The molecule has 0 saturated heterocycles. The van der Waals surface area contributed by atoms with Crippen LogP contribution in [0.15, 0.2) is 29.2 Å². The van der Waals surface area contributed by atoms with Gasteiger partial charge in [-0.25, -0.2) is 18.2 Å². The van der Waals surface area contributed by atoms with E-state index in [1.165, 1.54) is 0 Å². The highest BCUT2D eigenvalue weighted by Gasteiger charge is 2.30. The lowest BCUT2D eigenvalue weighted by atomic mass is 10.0. The van der Waals surface area contributed by atoms with Crippen LogP contribution in [0.5, 0.6) is 5.75 Å². The Bertz CT molecular complexity index is 1800. The molecule has 0 unspecified atom stereocenters. The molecule has 1 aliphatic rings. The predicted molar refractivity (Wildman–Crippen MR) is 223 cm³/mol. The van der Waals surface area contributed by atoms with E-state index in [4.69, 9.17) is 19.2 Å². The fourth-order valence-corrected chi connectivity index (χ4v) is 8.04. The van der Waals surface area contributed by atoms with Crippen LogP contribution in [0.1, 0.15) is 115 Å². The largest absolute Gasteiger partial charge is 0.494 e. The lowest BCUT2D eigenvalue weighted by molar-refractivity contribution is -0.142. The predicted octanol–water partition coefficient (Wildman–Crippen LogP) is 5.18. The molecule has 58 heavy (non-hydrogen) atoms. The van der Waals surface area contributed by atoms with Crippen molar-refractivity contribution in [2.24, 2.45) is 0 Å². The molecule has 0 spiro atoms. The van der Waals surface area contributed by atoms with Crippen molar-refractivity contribution in [3.05, 3.63) is 46.6 Å². The number of benzene rings is 1. The van der Waals surface area contributed by atoms with Crippen LogP contribution in [0.4, 0.5) is 10.6 Å². The number of pyridine rings is 1. The number of unbranched alkanes of at least 4 members (excludes halogenated alkanes) is 2. The minimum absolute atomic E-state index is 0.00900. The monoisotopic (exact) mass is 830 g/mol. The number of fused-ring (bicyclic) bond motifs is 1. The van der Waals surface area contributed by atoms with E-state index in [0.29, 0.717) is 68.0 Å². The van der Waals surface area contributed by atoms with Gasteiger partial charge in [-0.3, -0.25) is 19.3 Å². The summed E-state index contributed by atoms with van der Waals surface area (Å²) in [5.41, 5.74) is 2.08. The number of hydrogen-bond acceptors (Lipinski definition) is 11. The summed E-state index contributed by atoms with van der Waals surface area (Å²) < 4.78 is 45.8. The molecule has 3 rings (SSSR count). The van der Waals surface area contributed by atoms with Crippen LogP contribution in [0.25, 0.3) is 0 Å². The summed E-state index contributed by atoms with van der Waals surface area (Å²) in [6, 6.07) is 5.82. The van der Waals surface area contributed by atoms with Crippen LogP contribution in [0.2, 0.25) is 0 Å². The van der Waals surface area contributed by atoms with Gasteiger partial charge in [0.15, 0.2) is 0 Å². The molecule has 324 valence electrons. The van der Waals surface area contributed by atoms with E-state index in [1.807, 2.05) is 32.9 Å². The number of aryl methyl sites for hydroxylation is 4. The highest BCUT2D eigenvalue weighted by atomic mass is 32.2. The molecule has 3 amide bonds. The molecule has 0 fully saturated rings. The average molecular weight is 831 g/mol. The lowest BCUT2D eigenvalue weighted by Crippen LogP contribution is -2.49. The number of carbonyl (C=O) groups excluding carboxylic acids is 4. The van der Waals surface area contributed by atoms with Crippen molar-refractivity contribution in [2.75, 3.05) is 44.8 Å². The number of nitrogens with zero attached hydrogens (tertiary/aromatic N) is 2. The molecule has 1 aromatic heterocycles. The molecule has 2 heterocycles. The van der Waals surface area contributed by atoms with Crippen LogP contribution in [0.3, 0.4) is 0 Å². The lowest BCUT2D eigenvalue weighted by Gasteiger charge is -2.31. The summed E-state index contributed by atoms with van der Waals surface area (Å²) in [6.45, 7) is 16.8. The second-order valence-corrected chi connectivity index (χ2v) is 18.1. The Morgan fingerprint density at radius 3 is 2.24 bits per heavy atom. The minimum Gasteiger partial charge on any atom is -0.494 e. The first-order valence-corrected chi connectivity index (χ1v) is 21.9. The van der Waals surface area contributed by atoms with Gasteiger partial charge in [-0.15, -0.1) is 0 Å². The molecule has 1 aliphatic heterocycles. The summed E-state index contributed by atoms with van der Waals surface area (Å²) in [7, 11) is -3.07. The summed E-state index contributed by atoms with van der Waals surface area (Å²) in [5, 5.41) is 8.96. The molecule has 1 atom stereocenters. The molecule has 2 aromatic rings. The molecule has 0 bridgehead atoms. The van der Waals surface area contributed by atoms with E-state index in [9.17, 15) is 27.6 Å². The Kier molecular flexibility index (Phi) is 18.4. The number of carbonyl (C=O) groups is 4. The fraction of sp³-hybridized carbons (Fsp3) is 0.643. The Labute approximate surface area is 345 Å². The van der Waals surface area contributed by atoms with Gasteiger partial charge >= 0.3 is 12.1 Å². The number of ether oxygens (including phenoxy) is 3. The highest BCUT2D eigenvalue weighted by Crippen LogP contribution is 2.28. The molecule has 4 N–H and O–H groups in total. The van der Waals surface area contributed by atoms with Gasteiger partial charge in [-0.05, 0) is 128 Å². The van der Waals surface area contributed by atoms with Crippen molar-refractivity contribution in [1.82, 2.24) is 25.7 Å². The normalized spacial score (nSPS) is 13.6. The van der Waals surface area contributed by atoms with E-state index in [1.54, 1.807) is 30.9 Å². The van der Waals surface area contributed by atoms with Gasteiger partial charge in [0.1, 0.15) is 23.2 Å². The number of aromatic nitrogens is 1. The van der Waals surface area contributed by atoms with E-state index in [-0.39, 0.29) is 41.8 Å². The molecule has 0 radical (unpaired) electrons. The van der Waals surface area contributed by atoms with Crippen LogP contribution in [-0.2, 0) is 46.7 Å². The summed E-state index contributed by atoms with van der Waals surface area (Å²) in [6.07, 6.45) is 5.97. The van der Waals surface area contributed by atoms with Crippen molar-refractivity contribution in [2.45, 2.75) is 142 Å². The molecule has 15 nitrogen and oxygen atoms in total. The van der Waals surface area contributed by atoms with E-state index < -0.39 is 33.7 Å². The molecule has 1 aromatic carbocycles. The van der Waals surface area contributed by atoms with Gasteiger partial charge in [0, 0.05) is 50.3 Å². The third-order valence-electron chi connectivity index (χ3n) is 9.79. The number of rotatable bonds is 22. The molecule has 0 aliphatic carbocycles. The van der Waals surface area contributed by atoms with Gasteiger partial charge in [-0.2, -0.15) is 4.72 Å². The molecule has 16 heteroatoms. The summed E-state index contributed by atoms with van der Waals surface area (Å²) in [5.74, 6) is -0.132. The van der Waals surface area contributed by atoms with Crippen LogP contribution in [-0.4, -0.2) is 94.4 Å². The third-order valence-corrected chi connectivity index (χ3v) is 11.6. The van der Waals surface area contributed by atoms with E-state index >= 15 is 0 Å². The van der Waals surface area contributed by atoms with Crippen molar-refractivity contribution < 1.29 is 41.8 Å². The van der Waals surface area contributed by atoms with Crippen LogP contribution >= 0.6 is 0 Å². The maximum absolute atomic E-state index is 13.6. The SMILES string of the molecule is CCC(C)(C)NCCNC(=O)CCCOc1cc(C)c(S(=O)(=O)N[C@H](CNC(=O)CCCCCc2ccc3c(n2)N(C(=O)OC(C)(C)C)CCC3)C(=O)OC)c(C)c1. The molecular formula is C42H66N6O9S. The molecular weight excluding hydrogens is 765 g/mol. The Balaban J connectivity index is 1.45. The van der Waals surface area contributed by atoms with Crippen molar-refractivity contribution in [1.29, 1.82) is 0 Å². The smallest absolute Gasteiger partial charge is 0.416 e. The number of methoxy groups -OCH3 is 1. The number of sulfonamides is 1. The zero-order valence-corrected chi connectivity index (χ0v) is 36.8. The van der Waals surface area contributed by atoms with Gasteiger partial charge < -0.3 is 30.2 Å². The highest BCUT2D eigenvalue weighted by molar-refractivity contribution is 7.89. The quantitative estimate of drug-likeness (QED) is 0.0903. The topological polar surface area (TPSA) is 194 Å².